The Hall–Kier alpha value is -1.69. The zero-order chi connectivity index (χ0) is 13.1. The van der Waals surface area contributed by atoms with Gasteiger partial charge >= 0.3 is 7.12 Å². The lowest BCUT2D eigenvalue weighted by Gasteiger charge is -2.08. The van der Waals surface area contributed by atoms with Crippen LogP contribution in [0.4, 0.5) is 0 Å². The third-order valence-electron chi connectivity index (χ3n) is 2.34. The van der Waals surface area contributed by atoms with Gasteiger partial charge in [-0.2, -0.15) is 0 Å². The van der Waals surface area contributed by atoms with Crippen LogP contribution in [-0.2, 0) is 0 Å². The molecule has 2 aromatic rings. The molecule has 0 aliphatic rings. The van der Waals surface area contributed by atoms with E-state index in [0.717, 1.165) is 0 Å². The van der Waals surface area contributed by atoms with Crippen molar-refractivity contribution in [2.75, 3.05) is 0 Å². The second-order valence-electron chi connectivity index (χ2n) is 3.52. The second-order valence-corrected chi connectivity index (χ2v) is 3.76. The Bertz CT molecular complexity index is 617. The van der Waals surface area contributed by atoms with Gasteiger partial charge in [0.05, 0.1) is 15.7 Å². The average Bonchev–Trinajstić information content (AvgIpc) is 2.39. The maximum atomic E-state index is 11.4. The predicted octanol–water partition coefficient (Wildman–Crippen LogP) is -0.919. The van der Waals surface area contributed by atoms with Crippen LogP contribution in [0.3, 0.4) is 0 Å². The molecule has 1 atom stereocenters. The topological polar surface area (TPSA) is 84.6 Å². The minimum Gasteiger partial charge on any atom is -0.475 e. The van der Waals surface area contributed by atoms with Crippen molar-refractivity contribution in [1.82, 2.24) is 9.55 Å². The van der Waals surface area contributed by atoms with Crippen molar-refractivity contribution in [3.63, 3.8) is 0 Å². The lowest BCUT2D eigenvalue weighted by atomic mass is 9.81. The van der Waals surface area contributed by atoms with Crippen molar-refractivity contribution in [2.45, 2.75) is 0 Å². The van der Waals surface area contributed by atoms with E-state index >= 15 is 0 Å². The molecule has 6 nitrogen and oxygen atoms in total. The molecular formula is C10H10BN2O4P. The molecule has 0 amide bonds. The van der Waals surface area contributed by atoms with Gasteiger partial charge in [0.2, 0.25) is 5.43 Å². The summed E-state index contributed by atoms with van der Waals surface area (Å²) in [7, 11) is 0.432. The Labute approximate surface area is 105 Å². The highest BCUT2D eigenvalue weighted by atomic mass is 31.0. The van der Waals surface area contributed by atoms with Gasteiger partial charge < -0.3 is 19.1 Å². The Kier molecular flexibility index (Phi) is 3.76. The molecule has 2 aromatic heterocycles. The first kappa shape index (κ1) is 12.8. The summed E-state index contributed by atoms with van der Waals surface area (Å²) in [5.74, 6) is 0.600. The summed E-state index contributed by atoms with van der Waals surface area (Å²) in [6.45, 7) is 0. The fourth-order valence-corrected chi connectivity index (χ4v) is 1.61. The van der Waals surface area contributed by atoms with Gasteiger partial charge in [-0.05, 0) is 17.6 Å². The minimum absolute atomic E-state index is 0.152. The smallest absolute Gasteiger partial charge is 0.475 e. The lowest BCUT2D eigenvalue weighted by Crippen LogP contribution is -2.30. The van der Waals surface area contributed by atoms with Crippen molar-refractivity contribution in [2.24, 2.45) is 0 Å². The number of pyridine rings is 2. The van der Waals surface area contributed by atoms with E-state index in [-0.39, 0.29) is 11.2 Å². The first-order valence-electron chi connectivity index (χ1n) is 5.03. The van der Waals surface area contributed by atoms with Crippen molar-refractivity contribution in [3.8, 4) is 11.6 Å². The van der Waals surface area contributed by atoms with E-state index in [1.807, 2.05) is 9.47 Å². The van der Waals surface area contributed by atoms with Gasteiger partial charge in [-0.15, -0.1) is 0 Å². The summed E-state index contributed by atoms with van der Waals surface area (Å²) in [6, 6.07) is 4.33. The standard InChI is InChI=1S/C10H10BN2O4P/c14-8-2-4-13(6-9(8)17-18)10-5-7(11(15)16)1-3-12-10/h1-6,15-16H,18H2. The maximum Gasteiger partial charge on any atom is 0.488 e. The van der Waals surface area contributed by atoms with Crippen LogP contribution < -0.4 is 15.4 Å². The van der Waals surface area contributed by atoms with E-state index in [4.69, 9.17) is 14.6 Å². The van der Waals surface area contributed by atoms with E-state index in [9.17, 15) is 4.79 Å². The van der Waals surface area contributed by atoms with E-state index in [2.05, 4.69) is 4.98 Å². The SMILES string of the molecule is O=c1ccn(-c2cc(B(O)O)ccn2)cc1OP. The Morgan fingerprint density at radius 3 is 2.83 bits per heavy atom. The van der Waals surface area contributed by atoms with Gasteiger partial charge in [0.25, 0.3) is 0 Å². The first-order valence-corrected chi connectivity index (χ1v) is 5.50. The normalized spacial score (nSPS) is 10.2. The van der Waals surface area contributed by atoms with Crippen LogP contribution in [0.25, 0.3) is 5.82 Å². The van der Waals surface area contributed by atoms with E-state index in [1.54, 1.807) is 4.57 Å². The summed E-state index contributed by atoms with van der Waals surface area (Å²) < 4.78 is 6.39. The molecule has 0 saturated heterocycles. The van der Waals surface area contributed by atoms with Gasteiger partial charge in [-0.25, -0.2) is 4.98 Å². The average molecular weight is 264 g/mol. The van der Waals surface area contributed by atoms with Crippen LogP contribution in [-0.4, -0.2) is 26.7 Å². The van der Waals surface area contributed by atoms with E-state index in [0.29, 0.717) is 11.3 Å². The Morgan fingerprint density at radius 2 is 2.17 bits per heavy atom. The zero-order valence-corrected chi connectivity index (χ0v) is 10.4. The van der Waals surface area contributed by atoms with Crippen molar-refractivity contribution in [1.29, 1.82) is 0 Å². The number of hydrogen-bond donors (Lipinski definition) is 2. The molecule has 0 fully saturated rings. The van der Waals surface area contributed by atoms with Gasteiger partial charge in [0.15, 0.2) is 5.75 Å². The highest BCUT2D eigenvalue weighted by Crippen LogP contribution is 2.09. The molecule has 0 saturated carbocycles. The fraction of sp³-hybridized carbons (Fsp3) is 0. The molecule has 18 heavy (non-hydrogen) atoms. The van der Waals surface area contributed by atoms with Gasteiger partial charge in [-0.1, -0.05) is 0 Å². The summed E-state index contributed by atoms with van der Waals surface area (Å²) in [4.78, 5) is 15.4. The van der Waals surface area contributed by atoms with Crippen LogP contribution in [0.5, 0.6) is 5.75 Å². The van der Waals surface area contributed by atoms with Crippen LogP contribution in [0.1, 0.15) is 0 Å². The molecule has 0 radical (unpaired) electrons. The first-order chi connectivity index (χ1) is 8.61. The quantitative estimate of drug-likeness (QED) is 0.553. The van der Waals surface area contributed by atoms with Crippen LogP contribution in [0, 0.1) is 0 Å². The number of rotatable bonds is 3. The molecule has 2 N–H and O–H groups in total. The predicted molar refractivity (Wildman–Crippen MR) is 70.0 cm³/mol. The van der Waals surface area contributed by atoms with Crippen molar-refractivity contribution < 1.29 is 14.6 Å². The molecule has 2 heterocycles. The van der Waals surface area contributed by atoms with Gasteiger partial charge in [-0.3, -0.25) is 4.79 Å². The van der Waals surface area contributed by atoms with Crippen molar-refractivity contribution >= 4 is 22.0 Å². The molecular weight excluding hydrogens is 254 g/mol. The third kappa shape index (κ3) is 2.59. The summed E-state index contributed by atoms with van der Waals surface area (Å²) >= 11 is 0. The highest BCUT2D eigenvalue weighted by molar-refractivity contribution is 7.10. The molecule has 0 spiro atoms. The molecule has 1 unspecified atom stereocenters. The lowest BCUT2D eigenvalue weighted by molar-refractivity contribution is 0.425. The molecule has 0 aliphatic heterocycles. The van der Waals surface area contributed by atoms with Crippen LogP contribution in [0.15, 0.2) is 41.6 Å². The minimum atomic E-state index is -1.57. The molecule has 0 bridgehead atoms. The summed E-state index contributed by atoms with van der Waals surface area (Å²) in [5.41, 5.74) is 0.0617. The second kappa shape index (κ2) is 5.31. The Balaban J connectivity index is 2.48. The largest absolute Gasteiger partial charge is 0.488 e. The fourth-order valence-electron chi connectivity index (χ4n) is 1.43. The van der Waals surface area contributed by atoms with Gasteiger partial charge in [0, 0.05) is 18.5 Å². The molecule has 0 aliphatic carbocycles. The maximum absolute atomic E-state index is 11.4. The molecule has 92 valence electrons. The van der Waals surface area contributed by atoms with Gasteiger partial charge in [0.1, 0.15) is 5.82 Å². The van der Waals surface area contributed by atoms with Crippen molar-refractivity contribution in [3.05, 3.63) is 47.0 Å². The summed E-state index contributed by atoms with van der Waals surface area (Å²) in [5, 5.41) is 18.2. The third-order valence-corrected chi connectivity index (χ3v) is 2.60. The van der Waals surface area contributed by atoms with E-state index in [1.165, 1.54) is 36.8 Å². The molecule has 2 rings (SSSR count). The van der Waals surface area contributed by atoms with Crippen LogP contribution in [0.2, 0.25) is 0 Å². The van der Waals surface area contributed by atoms with Crippen LogP contribution >= 0.6 is 9.47 Å². The zero-order valence-electron chi connectivity index (χ0n) is 9.22. The number of hydrogen-bond acceptors (Lipinski definition) is 5. The number of aromatic nitrogens is 2. The monoisotopic (exact) mass is 264 g/mol. The summed E-state index contributed by atoms with van der Waals surface area (Å²) in [6.07, 6.45) is 4.43. The molecule has 8 heteroatoms. The highest BCUT2D eigenvalue weighted by Gasteiger charge is 2.12. The number of nitrogens with zero attached hydrogens (tertiary/aromatic N) is 2. The van der Waals surface area contributed by atoms with E-state index < -0.39 is 7.12 Å². The Morgan fingerprint density at radius 1 is 1.39 bits per heavy atom. The molecule has 0 aromatic carbocycles.